The standard InChI is InChI=1S/C14H21NO2/c16-9-11-17-10-3-8-15-14-7-6-12-4-1-2-5-13(12)14/h1-2,4-5,14-16H,3,6-11H2. The maximum Gasteiger partial charge on any atom is 0.0697 e. The second-order valence-corrected chi connectivity index (χ2v) is 4.43. The molecular weight excluding hydrogens is 214 g/mol. The van der Waals surface area contributed by atoms with Gasteiger partial charge in [-0.15, -0.1) is 0 Å². The molecule has 0 heterocycles. The Hall–Kier alpha value is -0.900. The highest BCUT2D eigenvalue weighted by molar-refractivity contribution is 5.34. The Labute approximate surface area is 103 Å². The van der Waals surface area contributed by atoms with Crippen molar-refractivity contribution in [2.75, 3.05) is 26.4 Å². The summed E-state index contributed by atoms with van der Waals surface area (Å²) in [6, 6.07) is 9.19. The average Bonchev–Trinajstić information content (AvgIpc) is 2.77. The van der Waals surface area contributed by atoms with E-state index in [9.17, 15) is 0 Å². The van der Waals surface area contributed by atoms with E-state index in [1.807, 2.05) is 0 Å². The highest BCUT2D eigenvalue weighted by Crippen LogP contribution is 2.30. The number of rotatable bonds is 7. The summed E-state index contributed by atoms with van der Waals surface area (Å²) in [6.07, 6.45) is 3.39. The van der Waals surface area contributed by atoms with E-state index in [1.165, 1.54) is 24.0 Å². The molecule has 3 heteroatoms. The van der Waals surface area contributed by atoms with Crippen LogP contribution in [0.3, 0.4) is 0 Å². The number of aliphatic hydroxyl groups excluding tert-OH is 1. The number of aliphatic hydroxyl groups is 1. The summed E-state index contributed by atoms with van der Waals surface area (Å²) in [5.41, 5.74) is 2.95. The molecule has 1 aliphatic rings. The molecule has 0 radical (unpaired) electrons. The molecule has 1 aromatic rings. The summed E-state index contributed by atoms with van der Waals surface area (Å²) >= 11 is 0. The first-order valence-electron chi connectivity index (χ1n) is 6.41. The molecule has 0 saturated carbocycles. The summed E-state index contributed by atoms with van der Waals surface area (Å²) in [6.45, 7) is 2.27. The van der Waals surface area contributed by atoms with E-state index in [0.29, 0.717) is 12.6 Å². The Morgan fingerprint density at radius 1 is 1.29 bits per heavy atom. The van der Waals surface area contributed by atoms with Crippen molar-refractivity contribution in [2.45, 2.75) is 25.3 Å². The molecule has 0 amide bonds. The van der Waals surface area contributed by atoms with Gasteiger partial charge >= 0.3 is 0 Å². The van der Waals surface area contributed by atoms with Gasteiger partial charge in [-0.05, 0) is 36.9 Å². The SMILES string of the molecule is OCCOCCCNC1CCc2ccccc21. The van der Waals surface area contributed by atoms with E-state index in [0.717, 1.165) is 19.6 Å². The highest BCUT2D eigenvalue weighted by atomic mass is 16.5. The molecule has 0 bridgehead atoms. The number of aryl methyl sites for hydroxylation is 1. The maximum atomic E-state index is 8.56. The van der Waals surface area contributed by atoms with Gasteiger partial charge < -0.3 is 15.2 Å². The maximum absolute atomic E-state index is 8.56. The zero-order valence-electron chi connectivity index (χ0n) is 10.2. The Bertz CT molecular complexity index is 341. The lowest BCUT2D eigenvalue weighted by atomic mass is 10.1. The molecule has 1 atom stereocenters. The molecule has 0 saturated heterocycles. The lowest BCUT2D eigenvalue weighted by molar-refractivity contribution is 0.0904. The zero-order valence-corrected chi connectivity index (χ0v) is 10.2. The Morgan fingerprint density at radius 3 is 3.06 bits per heavy atom. The average molecular weight is 235 g/mol. The van der Waals surface area contributed by atoms with Crippen molar-refractivity contribution in [1.29, 1.82) is 0 Å². The van der Waals surface area contributed by atoms with Gasteiger partial charge in [0.1, 0.15) is 0 Å². The molecule has 1 aromatic carbocycles. The third-order valence-electron chi connectivity index (χ3n) is 3.22. The van der Waals surface area contributed by atoms with Crippen molar-refractivity contribution in [1.82, 2.24) is 5.32 Å². The van der Waals surface area contributed by atoms with E-state index in [4.69, 9.17) is 9.84 Å². The van der Waals surface area contributed by atoms with E-state index in [-0.39, 0.29) is 6.61 Å². The lowest BCUT2D eigenvalue weighted by Crippen LogP contribution is -2.21. The minimum atomic E-state index is 0.115. The van der Waals surface area contributed by atoms with Gasteiger partial charge in [0.25, 0.3) is 0 Å². The van der Waals surface area contributed by atoms with Crippen molar-refractivity contribution >= 4 is 0 Å². The largest absolute Gasteiger partial charge is 0.394 e. The number of nitrogens with one attached hydrogen (secondary N) is 1. The van der Waals surface area contributed by atoms with Gasteiger partial charge in [-0.2, -0.15) is 0 Å². The van der Waals surface area contributed by atoms with Crippen LogP contribution in [0, 0.1) is 0 Å². The first-order chi connectivity index (χ1) is 8.42. The highest BCUT2D eigenvalue weighted by Gasteiger charge is 2.20. The number of ether oxygens (including phenoxy) is 1. The zero-order chi connectivity index (χ0) is 11.9. The van der Waals surface area contributed by atoms with Gasteiger partial charge in [0.2, 0.25) is 0 Å². The molecule has 1 aliphatic carbocycles. The molecule has 2 rings (SSSR count). The normalized spacial score (nSPS) is 18.3. The molecular formula is C14H21NO2. The van der Waals surface area contributed by atoms with E-state index in [2.05, 4.69) is 29.6 Å². The topological polar surface area (TPSA) is 41.5 Å². The van der Waals surface area contributed by atoms with E-state index < -0.39 is 0 Å². The number of hydrogen-bond donors (Lipinski definition) is 2. The van der Waals surface area contributed by atoms with Crippen molar-refractivity contribution < 1.29 is 9.84 Å². The third kappa shape index (κ3) is 3.53. The molecule has 0 fully saturated rings. The Morgan fingerprint density at radius 2 is 2.18 bits per heavy atom. The second kappa shape index (κ2) is 6.74. The first-order valence-corrected chi connectivity index (χ1v) is 6.41. The van der Waals surface area contributed by atoms with Crippen LogP contribution in [-0.4, -0.2) is 31.5 Å². The van der Waals surface area contributed by atoms with Crippen LogP contribution < -0.4 is 5.32 Å². The minimum absolute atomic E-state index is 0.115. The van der Waals surface area contributed by atoms with Crippen LogP contribution in [0.4, 0.5) is 0 Å². The van der Waals surface area contributed by atoms with Crippen molar-refractivity contribution in [3.8, 4) is 0 Å². The van der Waals surface area contributed by atoms with Crippen LogP contribution in [-0.2, 0) is 11.2 Å². The summed E-state index contributed by atoms with van der Waals surface area (Å²) < 4.78 is 5.23. The summed E-state index contributed by atoms with van der Waals surface area (Å²) in [4.78, 5) is 0. The quantitative estimate of drug-likeness (QED) is 0.706. The molecule has 0 spiro atoms. The molecule has 0 aliphatic heterocycles. The van der Waals surface area contributed by atoms with Crippen LogP contribution in [0.1, 0.15) is 30.0 Å². The molecule has 1 unspecified atom stereocenters. The van der Waals surface area contributed by atoms with Crippen LogP contribution in [0.25, 0.3) is 0 Å². The van der Waals surface area contributed by atoms with Crippen LogP contribution >= 0.6 is 0 Å². The molecule has 17 heavy (non-hydrogen) atoms. The van der Waals surface area contributed by atoms with Gasteiger partial charge in [0.15, 0.2) is 0 Å². The van der Waals surface area contributed by atoms with Crippen molar-refractivity contribution in [2.24, 2.45) is 0 Å². The van der Waals surface area contributed by atoms with Gasteiger partial charge in [0.05, 0.1) is 13.2 Å². The lowest BCUT2D eigenvalue weighted by Gasteiger charge is -2.13. The summed E-state index contributed by atoms with van der Waals surface area (Å²) in [5, 5.41) is 12.1. The summed E-state index contributed by atoms with van der Waals surface area (Å²) in [7, 11) is 0. The molecule has 0 aromatic heterocycles. The third-order valence-corrected chi connectivity index (χ3v) is 3.22. The van der Waals surface area contributed by atoms with Crippen molar-refractivity contribution in [3.63, 3.8) is 0 Å². The Balaban J connectivity index is 1.68. The van der Waals surface area contributed by atoms with Crippen LogP contribution in [0.15, 0.2) is 24.3 Å². The first kappa shape index (κ1) is 12.6. The number of benzene rings is 1. The van der Waals surface area contributed by atoms with E-state index in [1.54, 1.807) is 0 Å². The smallest absolute Gasteiger partial charge is 0.0697 e. The molecule has 94 valence electrons. The van der Waals surface area contributed by atoms with Crippen molar-refractivity contribution in [3.05, 3.63) is 35.4 Å². The predicted molar refractivity (Wildman–Crippen MR) is 68.0 cm³/mol. The van der Waals surface area contributed by atoms with Gasteiger partial charge in [-0.25, -0.2) is 0 Å². The van der Waals surface area contributed by atoms with Crippen LogP contribution in [0.2, 0.25) is 0 Å². The number of hydrogen-bond acceptors (Lipinski definition) is 3. The molecule has 3 nitrogen and oxygen atoms in total. The van der Waals surface area contributed by atoms with E-state index >= 15 is 0 Å². The predicted octanol–water partition coefficient (Wildman–Crippen LogP) is 1.66. The van der Waals surface area contributed by atoms with Gasteiger partial charge in [-0.3, -0.25) is 0 Å². The second-order valence-electron chi connectivity index (χ2n) is 4.43. The molecule has 2 N–H and O–H groups in total. The monoisotopic (exact) mass is 235 g/mol. The van der Waals surface area contributed by atoms with Crippen LogP contribution in [0.5, 0.6) is 0 Å². The van der Waals surface area contributed by atoms with Gasteiger partial charge in [0, 0.05) is 12.6 Å². The Kier molecular flexibility index (Phi) is 4.98. The fourth-order valence-corrected chi connectivity index (χ4v) is 2.39. The minimum Gasteiger partial charge on any atom is -0.394 e. The summed E-state index contributed by atoms with van der Waals surface area (Å²) in [5.74, 6) is 0. The fourth-order valence-electron chi connectivity index (χ4n) is 2.39. The van der Waals surface area contributed by atoms with Gasteiger partial charge in [-0.1, -0.05) is 24.3 Å². The fraction of sp³-hybridized carbons (Fsp3) is 0.571. The number of fused-ring (bicyclic) bond motifs is 1.